The van der Waals surface area contributed by atoms with Gasteiger partial charge in [0.1, 0.15) is 11.6 Å². The van der Waals surface area contributed by atoms with E-state index in [9.17, 15) is 4.39 Å². The van der Waals surface area contributed by atoms with E-state index in [1.807, 2.05) is 6.92 Å². The Morgan fingerprint density at radius 1 is 1.30 bits per heavy atom. The second-order valence-electron chi connectivity index (χ2n) is 5.49. The Labute approximate surface area is 122 Å². The SMILES string of the molecule is COc1ccc(C(C)NCCCN(C)C(C)C)c(F)c1. The average Bonchev–Trinajstić information content (AvgIpc) is 2.42. The Morgan fingerprint density at radius 2 is 2.00 bits per heavy atom. The third kappa shape index (κ3) is 5.10. The summed E-state index contributed by atoms with van der Waals surface area (Å²) in [5.41, 5.74) is 0.683. The number of hydrogen-bond donors (Lipinski definition) is 1. The highest BCUT2D eigenvalue weighted by Gasteiger charge is 2.11. The molecule has 1 rings (SSSR count). The Balaban J connectivity index is 2.41. The number of hydrogen-bond acceptors (Lipinski definition) is 3. The number of benzene rings is 1. The number of rotatable bonds is 8. The van der Waals surface area contributed by atoms with Gasteiger partial charge in [-0.05, 0) is 53.4 Å². The van der Waals surface area contributed by atoms with Crippen molar-refractivity contribution in [2.75, 3.05) is 27.2 Å². The number of halogens is 1. The molecule has 0 heterocycles. The zero-order chi connectivity index (χ0) is 15.1. The Bertz CT molecular complexity index is 409. The van der Waals surface area contributed by atoms with Gasteiger partial charge in [0.05, 0.1) is 7.11 Å². The van der Waals surface area contributed by atoms with Gasteiger partial charge >= 0.3 is 0 Å². The van der Waals surface area contributed by atoms with Crippen LogP contribution >= 0.6 is 0 Å². The topological polar surface area (TPSA) is 24.5 Å². The van der Waals surface area contributed by atoms with Crippen molar-refractivity contribution in [2.24, 2.45) is 0 Å². The maximum absolute atomic E-state index is 13.9. The van der Waals surface area contributed by atoms with Gasteiger partial charge in [0, 0.05) is 23.7 Å². The lowest BCUT2D eigenvalue weighted by atomic mass is 10.1. The van der Waals surface area contributed by atoms with Gasteiger partial charge in [0.15, 0.2) is 0 Å². The molecule has 0 fully saturated rings. The van der Waals surface area contributed by atoms with E-state index in [1.54, 1.807) is 19.2 Å². The monoisotopic (exact) mass is 282 g/mol. The van der Waals surface area contributed by atoms with Gasteiger partial charge in [0.2, 0.25) is 0 Å². The molecule has 4 heteroatoms. The number of nitrogens with one attached hydrogen (secondary N) is 1. The van der Waals surface area contributed by atoms with Gasteiger partial charge in [-0.15, -0.1) is 0 Å². The van der Waals surface area contributed by atoms with Crippen LogP contribution in [0.2, 0.25) is 0 Å². The first-order valence-corrected chi connectivity index (χ1v) is 7.22. The fraction of sp³-hybridized carbons (Fsp3) is 0.625. The maximum atomic E-state index is 13.9. The summed E-state index contributed by atoms with van der Waals surface area (Å²) in [6, 6.07) is 5.58. The van der Waals surface area contributed by atoms with Crippen molar-refractivity contribution in [3.63, 3.8) is 0 Å². The van der Waals surface area contributed by atoms with Crippen LogP contribution in [0.3, 0.4) is 0 Å². The zero-order valence-electron chi connectivity index (χ0n) is 13.2. The predicted octanol–water partition coefficient (Wildman–Crippen LogP) is 3.22. The van der Waals surface area contributed by atoms with Crippen LogP contribution in [0.25, 0.3) is 0 Å². The van der Waals surface area contributed by atoms with Crippen LogP contribution in [0, 0.1) is 5.82 Å². The van der Waals surface area contributed by atoms with Gasteiger partial charge in [-0.1, -0.05) is 6.07 Å². The van der Waals surface area contributed by atoms with E-state index in [1.165, 1.54) is 6.07 Å². The molecular weight excluding hydrogens is 255 g/mol. The lowest BCUT2D eigenvalue weighted by molar-refractivity contribution is 0.268. The normalized spacial score (nSPS) is 13.0. The van der Waals surface area contributed by atoms with Crippen molar-refractivity contribution < 1.29 is 9.13 Å². The van der Waals surface area contributed by atoms with Crippen molar-refractivity contribution in [1.29, 1.82) is 0 Å². The summed E-state index contributed by atoms with van der Waals surface area (Å²) < 4.78 is 18.9. The molecule has 0 spiro atoms. The standard InChI is InChI=1S/C16H27FN2O/c1-12(2)19(4)10-6-9-18-13(3)15-8-7-14(20-5)11-16(15)17/h7-8,11-13,18H,6,9-10H2,1-5H3. The highest BCUT2D eigenvalue weighted by molar-refractivity contribution is 5.30. The first-order valence-electron chi connectivity index (χ1n) is 7.22. The minimum Gasteiger partial charge on any atom is -0.497 e. The van der Waals surface area contributed by atoms with Crippen molar-refractivity contribution >= 4 is 0 Å². The molecule has 3 nitrogen and oxygen atoms in total. The second kappa shape index (κ2) is 8.22. The molecule has 0 aliphatic rings. The van der Waals surface area contributed by atoms with E-state index >= 15 is 0 Å². The van der Waals surface area contributed by atoms with E-state index in [2.05, 4.69) is 31.1 Å². The lowest BCUT2D eigenvalue weighted by Gasteiger charge is -2.21. The summed E-state index contributed by atoms with van der Waals surface area (Å²) in [4.78, 5) is 2.31. The molecule has 1 unspecified atom stereocenters. The molecule has 0 saturated heterocycles. The number of ether oxygens (including phenoxy) is 1. The van der Waals surface area contributed by atoms with Crippen LogP contribution in [-0.4, -0.2) is 38.2 Å². The quantitative estimate of drug-likeness (QED) is 0.741. The fourth-order valence-electron chi connectivity index (χ4n) is 2.00. The molecule has 1 N–H and O–H groups in total. The molecule has 0 radical (unpaired) electrons. The summed E-state index contributed by atoms with van der Waals surface area (Å²) in [6.07, 6.45) is 1.05. The molecule has 114 valence electrons. The molecule has 0 aromatic heterocycles. The Hall–Kier alpha value is -1.13. The van der Waals surface area contributed by atoms with Crippen molar-refractivity contribution in [2.45, 2.75) is 39.3 Å². The maximum Gasteiger partial charge on any atom is 0.131 e. The molecule has 1 atom stereocenters. The number of nitrogens with zero attached hydrogens (tertiary/aromatic N) is 1. The largest absolute Gasteiger partial charge is 0.497 e. The molecule has 1 aromatic rings. The molecule has 0 bridgehead atoms. The lowest BCUT2D eigenvalue weighted by Crippen LogP contribution is -2.30. The first kappa shape index (κ1) is 16.9. The summed E-state index contributed by atoms with van der Waals surface area (Å²) in [5.74, 6) is 0.334. The Morgan fingerprint density at radius 3 is 2.55 bits per heavy atom. The number of methoxy groups -OCH3 is 1. The van der Waals surface area contributed by atoms with Crippen LogP contribution in [0.15, 0.2) is 18.2 Å². The highest BCUT2D eigenvalue weighted by Crippen LogP contribution is 2.21. The molecule has 0 aliphatic heterocycles. The first-order chi connectivity index (χ1) is 9.45. The van der Waals surface area contributed by atoms with Crippen LogP contribution in [0.1, 0.15) is 38.8 Å². The third-order valence-corrected chi connectivity index (χ3v) is 3.69. The van der Waals surface area contributed by atoms with Gasteiger partial charge in [-0.25, -0.2) is 4.39 Å². The van der Waals surface area contributed by atoms with E-state index in [0.717, 1.165) is 19.5 Å². The van der Waals surface area contributed by atoms with Crippen LogP contribution in [-0.2, 0) is 0 Å². The molecule has 0 amide bonds. The summed E-state index contributed by atoms with van der Waals surface area (Å²) >= 11 is 0. The van der Waals surface area contributed by atoms with E-state index in [-0.39, 0.29) is 11.9 Å². The van der Waals surface area contributed by atoms with Crippen LogP contribution < -0.4 is 10.1 Å². The zero-order valence-corrected chi connectivity index (χ0v) is 13.2. The van der Waals surface area contributed by atoms with Crippen LogP contribution in [0.4, 0.5) is 4.39 Å². The molecule has 20 heavy (non-hydrogen) atoms. The smallest absolute Gasteiger partial charge is 0.131 e. The van der Waals surface area contributed by atoms with E-state index in [0.29, 0.717) is 17.4 Å². The van der Waals surface area contributed by atoms with Gasteiger partial charge < -0.3 is 15.0 Å². The average molecular weight is 282 g/mol. The predicted molar refractivity (Wildman–Crippen MR) is 81.8 cm³/mol. The highest BCUT2D eigenvalue weighted by atomic mass is 19.1. The molecular formula is C16H27FN2O. The van der Waals surface area contributed by atoms with Gasteiger partial charge in [0.25, 0.3) is 0 Å². The summed E-state index contributed by atoms with van der Waals surface area (Å²) in [7, 11) is 3.67. The molecule has 0 saturated carbocycles. The van der Waals surface area contributed by atoms with Gasteiger partial charge in [-0.3, -0.25) is 0 Å². The van der Waals surface area contributed by atoms with Gasteiger partial charge in [-0.2, -0.15) is 0 Å². The van der Waals surface area contributed by atoms with E-state index < -0.39 is 0 Å². The van der Waals surface area contributed by atoms with Crippen LogP contribution in [0.5, 0.6) is 5.75 Å². The van der Waals surface area contributed by atoms with Crippen molar-refractivity contribution in [3.05, 3.63) is 29.6 Å². The third-order valence-electron chi connectivity index (χ3n) is 3.69. The fourth-order valence-corrected chi connectivity index (χ4v) is 2.00. The summed E-state index contributed by atoms with van der Waals surface area (Å²) in [6.45, 7) is 8.27. The van der Waals surface area contributed by atoms with Crippen molar-refractivity contribution in [3.8, 4) is 5.75 Å². The minimum atomic E-state index is -0.219. The molecule has 0 aliphatic carbocycles. The second-order valence-corrected chi connectivity index (χ2v) is 5.49. The minimum absolute atomic E-state index is 0.00487. The van der Waals surface area contributed by atoms with Crippen molar-refractivity contribution in [1.82, 2.24) is 10.2 Å². The molecule has 1 aromatic carbocycles. The van der Waals surface area contributed by atoms with E-state index in [4.69, 9.17) is 4.74 Å². The summed E-state index contributed by atoms with van der Waals surface area (Å²) in [5, 5.41) is 3.36. The Kier molecular flexibility index (Phi) is 6.96.